The number of carbonyl (C=O) groups is 2. The molecule has 2 aromatic heterocycles. The smallest absolute Gasteiger partial charge is 0.338 e. The Morgan fingerprint density at radius 3 is 2.72 bits per heavy atom. The molecule has 18 heavy (non-hydrogen) atoms. The number of nitrogens with one attached hydrogen (secondary N) is 1. The maximum absolute atomic E-state index is 11.7. The van der Waals surface area contributed by atoms with Gasteiger partial charge in [-0.25, -0.2) is 4.79 Å². The maximum Gasteiger partial charge on any atom is 0.338 e. The van der Waals surface area contributed by atoms with Crippen LogP contribution in [0.2, 0.25) is 0 Å². The number of amides is 1. The molecule has 0 aliphatic heterocycles. The number of thiophene rings is 1. The van der Waals surface area contributed by atoms with Gasteiger partial charge in [-0.3, -0.25) is 4.79 Å². The van der Waals surface area contributed by atoms with Crippen LogP contribution in [0.15, 0.2) is 10.6 Å². The second-order valence-electron chi connectivity index (χ2n) is 3.50. The molecule has 94 valence electrons. The highest BCUT2D eigenvalue weighted by atomic mass is 32.1. The molecule has 0 aliphatic rings. The van der Waals surface area contributed by atoms with Crippen molar-refractivity contribution in [2.45, 2.75) is 13.8 Å². The van der Waals surface area contributed by atoms with Crippen molar-refractivity contribution in [1.82, 2.24) is 10.1 Å². The number of hydrogen-bond acceptors (Lipinski definition) is 6. The molecule has 8 heteroatoms. The van der Waals surface area contributed by atoms with Crippen LogP contribution in [0, 0.1) is 13.8 Å². The molecular formula is C10H9N3O4S. The lowest BCUT2D eigenvalue weighted by atomic mass is 10.3. The third-order valence-corrected chi connectivity index (χ3v) is 3.01. The van der Waals surface area contributed by atoms with Crippen molar-refractivity contribution in [2.75, 3.05) is 5.32 Å². The van der Waals surface area contributed by atoms with Crippen molar-refractivity contribution in [3.63, 3.8) is 0 Å². The number of nitrogens with zero attached hydrogens (tertiary/aromatic N) is 2. The first-order valence-electron chi connectivity index (χ1n) is 4.92. The molecule has 0 aliphatic carbocycles. The normalized spacial score (nSPS) is 10.3. The van der Waals surface area contributed by atoms with E-state index >= 15 is 0 Å². The molecule has 0 atom stereocenters. The monoisotopic (exact) mass is 267 g/mol. The van der Waals surface area contributed by atoms with Crippen molar-refractivity contribution in [2.24, 2.45) is 0 Å². The fourth-order valence-corrected chi connectivity index (χ4v) is 2.22. The summed E-state index contributed by atoms with van der Waals surface area (Å²) < 4.78 is 4.67. The second-order valence-corrected chi connectivity index (χ2v) is 4.75. The Hall–Kier alpha value is -2.22. The highest BCUT2D eigenvalue weighted by Crippen LogP contribution is 2.27. The maximum atomic E-state index is 11.7. The van der Waals surface area contributed by atoms with E-state index < -0.39 is 11.9 Å². The van der Waals surface area contributed by atoms with E-state index in [4.69, 9.17) is 5.11 Å². The van der Waals surface area contributed by atoms with Crippen LogP contribution < -0.4 is 5.32 Å². The van der Waals surface area contributed by atoms with Gasteiger partial charge >= 0.3 is 5.97 Å². The number of aromatic nitrogens is 2. The van der Waals surface area contributed by atoms with E-state index in [9.17, 15) is 9.59 Å². The Bertz CT molecular complexity index is 616. The predicted molar refractivity (Wildman–Crippen MR) is 63.0 cm³/mol. The zero-order valence-corrected chi connectivity index (χ0v) is 10.4. The van der Waals surface area contributed by atoms with Gasteiger partial charge in [-0.1, -0.05) is 5.16 Å². The molecule has 1 amide bonds. The molecule has 7 nitrogen and oxygen atoms in total. The molecule has 0 saturated carbocycles. The average molecular weight is 267 g/mol. The van der Waals surface area contributed by atoms with E-state index in [1.54, 1.807) is 13.8 Å². The topological polar surface area (TPSA) is 105 Å². The highest BCUT2D eigenvalue weighted by molar-refractivity contribution is 7.16. The fraction of sp³-hybridized carbons (Fsp3) is 0.200. The van der Waals surface area contributed by atoms with Crippen molar-refractivity contribution >= 4 is 28.2 Å². The quantitative estimate of drug-likeness (QED) is 0.876. The zero-order valence-electron chi connectivity index (χ0n) is 9.55. The van der Waals surface area contributed by atoms with Gasteiger partial charge in [0.15, 0.2) is 0 Å². The predicted octanol–water partition coefficient (Wildman–Crippen LogP) is 1.70. The van der Waals surface area contributed by atoms with Crippen LogP contribution in [-0.4, -0.2) is 27.1 Å². The third-order valence-electron chi connectivity index (χ3n) is 2.04. The Labute approximate surface area is 105 Å². The second kappa shape index (κ2) is 4.57. The first-order chi connectivity index (χ1) is 8.47. The van der Waals surface area contributed by atoms with Gasteiger partial charge in [0.1, 0.15) is 5.00 Å². The van der Waals surface area contributed by atoms with Crippen molar-refractivity contribution < 1.29 is 19.2 Å². The fourth-order valence-electron chi connectivity index (χ4n) is 1.32. The lowest BCUT2D eigenvalue weighted by Gasteiger charge is -1.99. The molecule has 0 bridgehead atoms. The number of carboxylic acids is 1. The zero-order chi connectivity index (χ0) is 13.3. The number of rotatable bonds is 3. The average Bonchev–Trinajstić information content (AvgIpc) is 2.85. The van der Waals surface area contributed by atoms with Crippen LogP contribution in [0.5, 0.6) is 0 Å². The summed E-state index contributed by atoms with van der Waals surface area (Å²) in [5, 5.41) is 15.1. The van der Waals surface area contributed by atoms with Gasteiger partial charge < -0.3 is 14.9 Å². The lowest BCUT2D eigenvalue weighted by molar-refractivity contribution is 0.0698. The van der Waals surface area contributed by atoms with Gasteiger partial charge in [0.25, 0.3) is 11.7 Å². The summed E-state index contributed by atoms with van der Waals surface area (Å²) in [4.78, 5) is 27.2. The van der Waals surface area contributed by atoms with Crippen LogP contribution in [0.3, 0.4) is 0 Å². The van der Waals surface area contributed by atoms with Crippen LogP contribution in [0.4, 0.5) is 5.00 Å². The molecule has 2 heterocycles. The summed E-state index contributed by atoms with van der Waals surface area (Å²) >= 11 is 1.17. The summed E-state index contributed by atoms with van der Waals surface area (Å²) in [7, 11) is 0. The van der Waals surface area contributed by atoms with Crippen molar-refractivity contribution in [3.8, 4) is 0 Å². The minimum atomic E-state index is -1.10. The van der Waals surface area contributed by atoms with E-state index in [-0.39, 0.29) is 22.3 Å². The standard InChI is InChI=1S/C10H9N3O4S/c1-4-3-6(10(15)16)9(18-4)12-8(14)7-11-5(2)17-13-7/h3H,1-2H3,(H,12,14)(H,15,16). The first-order valence-corrected chi connectivity index (χ1v) is 5.74. The molecule has 2 aromatic rings. The molecule has 2 rings (SSSR count). The minimum absolute atomic E-state index is 0.0473. The summed E-state index contributed by atoms with van der Waals surface area (Å²) in [5.41, 5.74) is 0.0473. The number of aryl methyl sites for hydroxylation is 2. The number of hydrogen-bond donors (Lipinski definition) is 2. The van der Waals surface area contributed by atoms with Crippen molar-refractivity contribution in [1.29, 1.82) is 0 Å². The Balaban J connectivity index is 2.24. The van der Waals surface area contributed by atoms with E-state index in [0.29, 0.717) is 0 Å². The third kappa shape index (κ3) is 2.38. The van der Waals surface area contributed by atoms with E-state index in [0.717, 1.165) is 4.88 Å². The number of anilines is 1. The van der Waals surface area contributed by atoms with E-state index in [1.807, 2.05) is 0 Å². The number of aromatic carboxylic acids is 1. The molecular weight excluding hydrogens is 258 g/mol. The Morgan fingerprint density at radius 1 is 1.44 bits per heavy atom. The summed E-state index contributed by atoms with van der Waals surface area (Å²) in [5.74, 6) is -1.56. The molecule has 0 saturated heterocycles. The summed E-state index contributed by atoms with van der Waals surface area (Å²) in [6.07, 6.45) is 0. The molecule has 2 N–H and O–H groups in total. The first kappa shape index (κ1) is 12.2. The minimum Gasteiger partial charge on any atom is -0.478 e. The van der Waals surface area contributed by atoms with Crippen LogP contribution in [0.25, 0.3) is 0 Å². The SMILES string of the molecule is Cc1nc(C(=O)Nc2sc(C)cc2C(=O)O)no1. The highest BCUT2D eigenvalue weighted by Gasteiger charge is 2.19. The number of carboxylic acid groups (broad SMARTS) is 1. The van der Waals surface area contributed by atoms with Gasteiger partial charge in [0.05, 0.1) is 5.56 Å². The molecule has 0 radical (unpaired) electrons. The molecule has 0 fully saturated rings. The van der Waals surface area contributed by atoms with Crippen molar-refractivity contribution in [3.05, 3.63) is 28.2 Å². The Morgan fingerprint density at radius 2 is 2.17 bits per heavy atom. The van der Waals surface area contributed by atoms with Gasteiger partial charge in [-0.2, -0.15) is 4.98 Å². The molecule has 0 aromatic carbocycles. The lowest BCUT2D eigenvalue weighted by Crippen LogP contribution is -2.14. The van der Waals surface area contributed by atoms with Crippen LogP contribution >= 0.6 is 11.3 Å². The largest absolute Gasteiger partial charge is 0.478 e. The van der Waals surface area contributed by atoms with Gasteiger partial charge in [0, 0.05) is 11.8 Å². The number of carbonyl (C=O) groups excluding carboxylic acids is 1. The summed E-state index contributed by atoms with van der Waals surface area (Å²) in [6, 6.07) is 1.49. The summed E-state index contributed by atoms with van der Waals surface area (Å²) in [6.45, 7) is 3.31. The van der Waals surface area contributed by atoms with E-state index in [2.05, 4.69) is 20.0 Å². The van der Waals surface area contributed by atoms with Crippen LogP contribution in [0.1, 0.15) is 31.7 Å². The van der Waals surface area contributed by atoms with Gasteiger partial charge in [0.2, 0.25) is 5.89 Å². The molecule has 0 spiro atoms. The van der Waals surface area contributed by atoms with Crippen LogP contribution in [-0.2, 0) is 0 Å². The Kier molecular flexibility index (Phi) is 3.11. The van der Waals surface area contributed by atoms with Gasteiger partial charge in [-0.05, 0) is 13.0 Å². The van der Waals surface area contributed by atoms with E-state index in [1.165, 1.54) is 17.4 Å². The molecule has 0 unspecified atom stereocenters. The van der Waals surface area contributed by atoms with Gasteiger partial charge in [-0.15, -0.1) is 11.3 Å².